The summed E-state index contributed by atoms with van der Waals surface area (Å²) in [4.78, 5) is 25.5. The Balaban J connectivity index is 4.12. The van der Waals surface area contributed by atoms with Crippen LogP contribution in [-0.4, -0.2) is 68.5 Å². The van der Waals surface area contributed by atoms with Crippen LogP contribution in [0.15, 0.2) is 12.2 Å². The van der Waals surface area contributed by atoms with Crippen molar-refractivity contribution in [2.45, 2.75) is 334 Å². The third kappa shape index (κ3) is 55.0. The summed E-state index contributed by atoms with van der Waals surface area (Å²) in [5.74, 6) is -0.189. The third-order valence-electron chi connectivity index (χ3n) is 14.5. The lowest BCUT2D eigenvalue weighted by molar-refractivity contribution is -0.870. The van der Waals surface area contributed by atoms with E-state index in [1.807, 2.05) is 27.2 Å². The molecule has 0 bridgehead atoms. The molecule has 9 heteroatoms. The number of aliphatic hydroxyl groups excluding tert-OH is 1. The molecule has 3 atom stereocenters. The molecule has 0 rings (SSSR count). The highest BCUT2D eigenvalue weighted by Gasteiger charge is 2.23. The van der Waals surface area contributed by atoms with Crippen LogP contribution < -0.4 is 10.2 Å². The number of phosphoric ester groups is 1. The zero-order valence-corrected chi connectivity index (χ0v) is 48.6. The number of quaternary nitrogens is 1. The van der Waals surface area contributed by atoms with Gasteiger partial charge in [0, 0.05) is 6.42 Å². The summed E-state index contributed by atoms with van der Waals surface area (Å²) in [5, 5.41) is 13.9. The van der Waals surface area contributed by atoms with Crippen LogP contribution in [0.1, 0.15) is 322 Å². The number of allylic oxidation sites excluding steroid dienone is 1. The number of carbonyl (C=O) groups is 1. The maximum absolute atomic E-state index is 13.0. The van der Waals surface area contributed by atoms with E-state index in [0.717, 1.165) is 38.5 Å². The summed E-state index contributed by atoms with van der Waals surface area (Å²) < 4.78 is 23.4. The maximum Gasteiger partial charge on any atom is 0.268 e. The van der Waals surface area contributed by atoms with Crippen molar-refractivity contribution in [3.63, 3.8) is 0 Å². The van der Waals surface area contributed by atoms with E-state index in [9.17, 15) is 19.4 Å². The molecule has 0 aliphatic carbocycles. The minimum atomic E-state index is -4.59. The number of rotatable bonds is 58. The summed E-state index contributed by atoms with van der Waals surface area (Å²) in [7, 11) is 1.28. The average molecular weight is 1010 g/mol. The monoisotopic (exact) mass is 1010 g/mol. The van der Waals surface area contributed by atoms with Crippen LogP contribution in [0.5, 0.6) is 0 Å². The Hall–Kier alpha value is -0.760. The van der Waals surface area contributed by atoms with Gasteiger partial charge in [0.05, 0.1) is 39.9 Å². The van der Waals surface area contributed by atoms with E-state index in [-0.39, 0.29) is 19.1 Å². The molecule has 70 heavy (non-hydrogen) atoms. The van der Waals surface area contributed by atoms with Gasteiger partial charge in [0.1, 0.15) is 13.2 Å². The SMILES string of the molecule is CCCCCCCCCCCCCCCCCCCCCCC/C=C/C(O)C(COP(=O)([O-])OCC[N+](C)(C)C)NC(=O)CCCCCCCCCCCCCCCCCCCCCCCCCCC. The van der Waals surface area contributed by atoms with Gasteiger partial charge in [-0.1, -0.05) is 309 Å². The molecule has 0 fully saturated rings. The highest BCUT2D eigenvalue weighted by atomic mass is 31.2. The van der Waals surface area contributed by atoms with Crippen LogP contribution in [0, 0.1) is 0 Å². The van der Waals surface area contributed by atoms with Gasteiger partial charge >= 0.3 is 0 Å². The Morgan fingerprint density at radius 1 is 0.486 bits per heavy atom. The average Bonchev–Trinajstić information content (AvgIpc) is 3.32. The Kier molecular flexibility index (Phi) is 52.5. The summed E-state index contributed by atoms with van der Waals surface area (Å²) in [5.41, 5.74) is 0. The number of likely N-dealkylation sites (N-methyl/N-ethyl adjacent to an activating group) is 1. The van der Waals surface area contributed by atoms with E-state index in [1.54, 1.807) is 6.08 Å². The largest absolute Gasteiger partial charge is 0.756 e. The van der Waals surface area contributed by atoms with E-state index in [2.05, 4.69) is 19.2 Å². The van der Waals surface area contributed by atoms with Gasteiger partial charge in [-0.2, -0.15) is 0 Å². The first-order valence-corrected chi connectivity index (χ1v) is 32.5. The fraction of sp³-hybridized carbons (Fsp3) is 0.951. The smallest absolute Gasteiger partial charge is 0.268 e. The van der Waals surface area contributed by atoms with Gasteiger partial charge in [0.25, 0.3) is 7.82 Å². The van der Waals surface area contributed by atoms with E-state index < -0.39 is 20.0 Å². The first-order valence-electron chi connectivity index (χ1n) is 31.1. The normalized spacial score (nSPS) is 13.9. The van der Waals surface area contributed by atoms with E-state index in [0.29, 0.717) is 17.4 Å². The summed E-state index contributed by atoms with van der Waals surface area (Å²) in [6.45, 7) is 4.71. The Morgan fingerprint density at radius 3 is 1.07 bits per heavy atom. The second-order valence-corrected chi connectivity index (χ2v) is 24.2. The molecule has 0 aromatic heterocycles. The molecule has 1 amide bonds. The lowest BCUT2D eigenvalue weighted by Crippen LogP contribution is -2.45. The lowest BCUT2D eigenvalue weighted by Gasteiger charge is -2.29. The molecule has 0 saturated carbocycles. The fourth-order valence-electron chi connectivity index (χ4n) is 9.63. The molecule has 0 radical (unpaired) electrons. The standard InChI is InChI=1S/C61H123N2O6P/c1-6-8-10-12-14-16-18-20-22-24-26-28-30-31-33-35-37-39-41-43-45-47-49-51-53-55-61(65)62-59(58-69-70(66,67)68-57-56-63(3,4)5)60(64)54-52-50-48-46-44-42-40-38-36-34-32-29-27-25-23-21-19-17-15-13-11-9-7-2/h52,54,59-60,64H,6-51,53,55-58H2,1-5H3,(H-,62,65,66,67)/b54-52+. The Bertz CT molecular complexity index is 1150. The summed E-state index contributed by atoms with van der Waals surface area (Å²) in [6, 6.07) is -0.882. The molecule has 0 spiro atoms. The zero-order chi connectivity index (χ0) is 51.3. The summed E-state index contributed by atoms with van der Waals surface area (Å²) in [6.07, 6.45) is 65.8. The van der Waals surface area contributed by atoms with Gasteiger partial charge < -0.3 is 28.8 Å². The van der Waals surface area contributed by atoms with Crippen molar-refractivity contribution in [3.05, 3.63) is 12.2 Å². The molecule has 0 aliphatic rings. The Labute approximate surface area is 437 Å². The van der Waals surface area contributed by atoms with Gasteiger partial charge in [0.2, 0.25) is 5.91 Å². The van der Waals surface area contributed by atoms with Crippen molar-refractivity contribution >= 4 is 13.7 Å². The number of unbranched alkanes of at least 4 members (excludes halogenated alkanes) is 45. The first kappa shape index (κ1) is 69.2. The number of nitrogens with zero attached hydrogens (tertiary/aromatic N) is 1. The van der Waals surface area contributed by atoms with Crippen LogP contribution in [0.4, 0.5) is 0 Å². The van der Waals surface area contributed by atoms with Gasteiger partial charge in [0.15, 0.2) is 0 Å². The van der Waals surface area contributed by atoms with Gasteiger partial charge in [-0.25, -0.2) is 0 Å². The minimum absolute atomic E-state index is 0.00283. The third-order valence-corrected chi connectivity index (χ3v) is 15.5. The number of hydrogen-bond donors (Lipinski definition) is 2. The molecule has 418 valence electrons. The van der Waals surface area contributed by atoms with Crippen LogP contribution in [-0.2, 0) is 18.4 Å². The number of amides is 1. The molecule has 2 N–H and O–H groups in total. The van der Waals surface area contributed by atoms with Gasteiger partial charge in [-0.3, -0.25) is 9.36 Å². The number of hydrogen-bond acceptors (Lipinski definition) is 6. The quantitative estimate of drug-likeness (QED) is 0.0272. The first-order chi connectivity index (χ1) is 34.0. The van der Waals surface area contributed by atoms with E-state index in [1.165, 1.54) is 263 Å². The number of carbonyl (C=O) groups excluding carboxylic acids is 1. The van der Waals surface area contributed by atoms with E-state index in [4.69, 9.17) is 9.05 Å². The topological polar surface area (TPSA) is 108 Å². The number of phosphoric acid groups is 1. The van der Waals surface area contributed by atoms with Gasteiger partial charge in [-0.05, 0) is 19.3 Å². The Morgan fingerprint density at radius 2 is 0.771 bits per heavy atom. The predicted octanol–water partition coefficient (Wildman–Crippen LogP) is 18.4. The molecule has 0 heterocycles. The van der Waals surface area contributed by atoms with Crippen LogP contribution >= 0.6 is 7.82 Å². The lowest BCUT2D eigenvalue weighted by atomic mass is 10.0. The second kappa shape index (κ2) is 53.1. The highest BCUT2D eigenvalue weighted by Crippen LogP contribution is 2.38. The predicted molar refractivity (Wildman–Crippen MR) is 302 cm³/mol. The molecular formula is C61H123N2O6P. The molecule has 0 aliphatic heterocycles. The van der Waals surface area contributed by atoms with Crippen LogP contribution in [0.3, 0.4) is 0 Å². The molecule has 0 aromatic rings. The van der Waals surface area contributed by atoms with Crippen molar-refractivity contribution in [2.24, 2.45) is 0 Å². The molecular weight excluding hydrogens is 888 g/mol. The molecule has 3 unspecified atom stereocenters. The minimum Gasteiger partial charge on any atom is -0.756 e. The van der Waals surface area contributed by atoms with Crippen LogP contribution in [0.25, 0.3) is 0 Å². The number of nitrogens with one attached hydrogen (secondary N) is 1. The maximum atomic E-state index is 13.0. The summed E-state index contributed by atoms with van der Waals surface area (Å²) >= 11 is 0. The van der Waals surface area contributed by atoms with Gasteiger partial charge in [-0.15, -0.1) is 0 Å². The van der Waals surface area contributed by atoms with E-state index >= 15 is 0 Å². The molecule has 0 saturated heterocycles. The molecule has 0 aromatic carbocycles. The molecule has 8 nitrogen and oxygen atoms in total. The highest BCUT2D eigenvalue weighted by molar-refractivity contribution is 7.45. The number of aliphatic hydroxyl groups is 1. The van der Waals surface area contributed by atoms with Crippen molar-refractivity contribution < 1.29 is 32.9 Å². The van der Waals surface area contributed by atoms with Crippen molar-refractivity contribution in [1.82, 2.24) is 5.32 Å². The van der Waals surface area contributed by atoms with Crippen molar-refractivity contribution in [1.29, 1.82) is 0 Å². The van der Waals surface area contributed by atoms with Crippen molar-refractivity contribution in [3.8, 4) is 0 Å². The fourth-order valence-corrected chi connectivity index (χ4v) is 10.4. The zero-order valence-electron chi connectivity index (χ0n) is 47.8. The second-order valence-electron chi connectivity index (χ2n) is 22.8. The van der Waals surface area contributed by atoms with Crippen LogP contribution in [0.2, 0.25) is 0 Å². The van der Waals surface area contributed by atoms with Crippen molar-refractivity contribution in [2.75, 3.05) is 40.9 Å².